The molecule has 0 spiro atoms. The van der Waals surface area contributed by atoms with Crippen molar-refractivity contribution in [2.24, 2.45) is 5.73 Å². The van der Waals surface area contributed by atoms with E-state index in [9.17, 15) is 0 Å². The summed E-state index contributed by atoms with van der Waals surface area (Å²) in [4.78, 5) is 4.92. The van der Waals surface area contributed by atoms with Gasteiger partial charge in [0, 0.05) is 29.8 Å². The van der Waals surface area contributed by atoms with E-state index in [1.54, 1.807) is 0 Å². The summed E-state index contributed by atoms with van der Waals surface area (Å²) >= 11 is 0. The van der Waals surface area contributed by atoms with E-state index in [1.165, 1.54) is 27.9 Å². The van der Waals surface area contributed by atoms with Crippen LogP contribution >= 0.6 is 0 Å². The number of rotatable bonds is 1. The Morgan fingerprint density at radius 2 is 1.91 bits per heavy atom. The summed E-state index contributed by atoms with van der Waals surface area (Å²) < 4.78 is 2.33. The summed E-state index contributed by atoms with van der Waals surface area (Å²) in [5.74, 6) is 1.18. The Hall–Kier alpha value is -2.13. The zero-order valence-electron chi connectivity index (χ0n) is 13.1. The fourth-order valence-corrected chi connectivity index (χ4v) is 3.63. The topological polar surface area (TPSA) is 43.8 Å². The quantitative estimate of drug-likeness (QED) is 0.740. The third kappa shape index (κ3) is 1.97. The van der Waals surface area contributed by atoms with Crippen molar-refractivity contribution in [3.05, 3.63) is 54.0 Å². The second kappa shape index (κ2) is 4.96. The van der Waals surface area contributed by atoms with Crippen LogP contribution < -0.4 is 5.73 Å². The summed E-state index contributed by atoms with van der Waals surface area (Å²) in [6, 6.07) is 15.6. The van der Waals surface area contributed by atoms with E-state index >= 15 is 0 Å². The second-order valence-electron chi connectivity index (χ2n) is 6.34. The molecule has 0 fully saturated rings. The lowest BCUT2D eigenvalue weighted by Gasteiger charge is -2.29. The van der Waals surface area contributed by atoms with Gasteiger partial charge < -0.3 is 10.3 Å². The van der Waals surface area contributed by atoms with Crippen LogP contribution in [0.3, 0.4) is 0 Å². The summed E-state index contributed by atoms with van der Waals surface area (Å²) in [7, 11) is 0. The summed E-state index contributed by atoms with van der Waals surface area (Å²) in [6.45, 7) is 4.36. The van der Waals surface area contributed by atoms with Gasteiger partial charge in [0.25, 0.3) is 0 Å². The van der Waals surface area contributed by atoms with Crippen molar-refractivity contribution >= 4 is 10.8 Å². The van der Waals surface area contributed by atoms with Crippen molar-refractivity contribution in [1.29, 1.82) is 0 Å². The van der Waals surface area contributed by atoms with E-state index in [0.29, 0.717) is 6.04 Å². The summed E-state index contributed by atoms with van der Waals surface area (Å²) in [5, 5.41) is 2.53. The highest BCUT2D eigenvalue weighted by atomic mass is 15.1. The van der Waals surface area contributed by atoms with Gasteiger partial charge >= 0.3 is 0 Å². The van der Waals surface area contributed by atoms with Gasteiger partial charge in [-0.2, -0.15) is 0 Å². The molecule has 1 aliphatic heterocycles. The van der Waals surface area contributed by atoms with Crippen LogP contribution in [-0.4, -0.2) is 15.6 Å². The molecule has 1 aromatic heterocycles. The van der Waals surface area contributed by atoms with Gasteiger partial charge in [-0.25, -0.2) is 4.98 Å². The van der Waals surface area contributed by atoms with Gasteiger partial charge in [-0.1, -0.05) is 36.4 Å². The van der Waals surface area contributed by atoms with Crippen LogP contribution in [0.5, 0.6) is 0 Å². The van der Waals surface area contributed by atoms with Crippen molar-refractivity contribution in [1.82, 2.24) is 9.55 Å². The average molecular weight is 291 g/mol. The third-order valence-electron chi connectivity index (χ3n) is 4.97. The molecule has 22 heavy (non-hydrogen) atoms. The number of aromatic nitrogens is 2. The number of nitrogens with two attached hydrogens (primary N) is 1. The van der Waals surface area contributed by atoms with Crippen LogP contribution in [0.25, 0.3) is 22.0 Å². The van der Waals surface area contributed by atoms with Crippen molar-refractivity contribution in [2.45, 2.75) is 38.8 Å². The van der Waals surface area contributed by atoms with Gasteiger partial charge in [-0.15, -0.1) is 0 Å². The maximum Gasteiger partial charge on any atom is 0.109 e. The van der Waals surface area contributed by atoms with Crippen LogP contribution in [0, 0.1) is 6.92 Å². The molecular weight excluding hydrogens is 270 g/mol. The maximum atomic E-state index is 6.24. The number of hydrogen-bond acceptors (Lipinski definition) is 2. The minimum atomic E-state index is 0.227. The molecule has 0 radical (unpaired) electrons. The zero-order valence-corrected chi connectivity index (χ0v) is 13.1. The first kappa shape index (κ1) is 13.5. The molecule has 2 N–H and O–H groups in total. The largest absolute Gasteiger partial charge is 0.327 e. The normalized spacial score (nSPS) is 21.0. The highest BCUT2D eigenvalue weighted by Crippen LogP contribution is 2.32. The molecule has 4 rings (SSSR count). The van der Waals surface area contributed by atoms with Crippen LogP contribution in [0.15, 0.2) is 42.5 Å². The van der Waals surface area contributed by atoms with Gasteiger partial charge in [-0.05, 0) is 37.1 Å². The molecule has 0 bridgehead atoms. The number of benzene rings is 2. The van der Waals surface area contributed by atoms with Crippen molar-refractivity contribution in [3.63, 3.8) is 0 Å². The molecule has 3 nitrogen and oxygen atoms in total. The molecule has 0 amide bonds. The molecular formula is C19H21N3. The van der Waals surface area contributed by atoms with Crippen LogP contribution in [-0.2, 0) is 6.42 Å². The Morgan fingerprint density at radius 1 is 1.14 bits per heavy atom. The minimum Gasteiger partial charge on any atom is -0.327 e. The van der Waals surface area contributed by atoms with Gasteiger partial charge in [0.15, 0.2) is 0 Å². The highest BCUT2D eigenvalue weighted by molar-refractivity contribution is 5.87. The molecule has 112 valence electrons. The smallest absolute Gasteiger partial charge is 0.109 e. The molecule has 3 heteroatoms. The molecule has 2 heterocycles. The zero-order chi connectivity index (χ0) is 15.3. The Kier molecular flexibility index (Phi) is 3.05. The van der Waals surface area contributed by atoms with Gasteiger partial charge in [0.2, 0.25) is 0 Å². The first-order valence-electron chi connectivity index (χ1n) is 7.97. The van der Waals surface area contributed by atoms with Crippen LogP contribution in [0.2, 0.25) is 0 Å². The number of aryl methyl sites for hydroxylation is 1. The van der Waals surface area contributed by atoms with Gasteiger partial charge in [0.05, 0.1) is 5.69 Å². The standard InChI is InChI=1S/C19H21N3/c1-12-17(20)9-10-18-21-19(13(2)22(12)18)16-8-7-14-5-3-4-6-15(14)11-16/h3-8,11-12,17H,9-10,20H2,1-2H3. The molecule has 1 aliphatic rings. The van der Waals surface area contributed by atoms with E-state index in [-0.39, 0.29) is 6.04 Å². The van der Waals surface area contributed by atoms with Crippen molar-refractivity contribution < 1.29 is 0 Å². The van der Waals surface area contributed by atoms with Crippen LogP contribution in [0.1, 0.15) is 30.9 Å². The van der Waals surface area contributed by atoms with E-state index in [0.717, 1.165) is 18.5 Å². The lowest BCUT2D eigenvalue weighted by atomic mass is 10.00. The SMILES string of the molecule is Cc1c(-c2ccc3ccccc3c2)nc2n1C(C)C(N)CC2. The maximum absolute atomic E-state index is 6.24. The first-order valence-corrected chi connectivity index (χ1v) is 7.97. The predicted octanol–water partition coefficient (Wildman–Crippen LogP) is 3.85. The Morgan fingerprint density at radius 3 is 2.73 bits per heavy atom. The van der Waals surface area contributed by atoms with E-state index < -0.39 is 0 Å². The highest BCUT2D eigenvalue weighted by Gasteiger charge is 2.27. The van der Waals surface area contributed by atoms with Gasteiger partial charge in [-0.3, -0.25) is 0 Å². The number of fused-ring (bicyclic) bond motifs is 2. The molecule has 0 aliphatic carbocycles. The lowest BCUT2D eigenvalue weighted by Crippen LogP contribution is -2.36. The lowest BCUT2D eigenvalue weighted by molar-refractivity contribution is 0.363. The number of nitrogens with zero attached hydrogens (tertiary/aromatic N) is 2. The van der Waals surface area contributed by atoms with E-state index in [2.05, 4.69) is 60.9 Å². The summed E-state index contributed by atoms with van der Waals surface area (Å²) in [5.41, 5.74) is 9.76. The average Bonchev–Trinajstić information content (AvgIpc) is 2.88. The van der Waals surface area contributed by atoms with Crippen LogP contribution in [0.4, 0.5) is 0 Å². The number of hydrogen-bond donors (Lipinski definition) is 1. The van der Waals surface area contributed by atoms with Crippen molar-refractivity contribution in [2.75, 3.05) is 0 Å². The van der Waals surface area contributed by atoms with E-state index in [1.807, 2.05) is 0 Å². The molecule has 3 aromatic rings. The first-order chi connectivity index (χ1) is 10.6. The fourth-order valence-electron chi connectivity index (χ4n) is 3.63. The van der Waals surface area contributed by atoms with Gasteiger partial charge in [0.1, 0.15) is 5.82 Å². The second-order valence-corrected chi connectivity index (χ2v) is 6.34. The Labute approximate surface area is 130 Å². The molecule has 2 unspecified atom stereocenters. The van der Waals surface area contributed by atoms with E-state index in [4.69, 9.17) is 10.7 Å². The summed E-state index contributed by atoms with van der Waals surface area (Å²) in [6.07, 6.45) is 1.99. The molecule has 2 aromatic carbocycles. The predicted molar refractivity (Wildman–Crippen MR) is 90.9 cm³/mol. The Balaban J connectivity index is 1.87. The monoisotopic (exact) mass is 291 g/mol. The third-order valence-corrected chi connectivity index (χ3v) is 4.97. The molecule has 2 atom stereocenters. The molecule has 0 saturated heterocycles. The fraction of sp³-hybridized carbons (Fsp3) is 0.316. The number of imidazole rings is 1. The minimum absolute atomic E-state index is 0.227. The van der Waals surface area contributed by atoms with Crippen molar-refractivity contribution in [3.8, 4) is 11.3 Å². The Bertz CT molecular complexity index is 847. The molecule has 0 saturated carbocycles.